The van der Waals surface area contributed by atoms with Gasteiger partial charge in [-0.25, -0.2) is 0 Å². The van der Waals surface area contributed by atoms with E-state index in [2.05, 4.69) is 6.08 Å². The molecule has 1 aliphatic carbocycles. The van der Waals surface area contributed by atoms with Crippen LogP contribution in [0.5, 0.6) is 0 Å². The molecule has 0 atom stereocenters. The van der Waals surface area contributed by atoms with Crippen LogP contribution in [-0.2, 0) is 4.79 Å². The fourth-order valence-corrected chi connectivity index (χ4v) is 0.544. The monoisotopic (exact) mass is 136 g/mol. The maximum absolute atomic E-state index is 9.90. The van der Waals surface area contributed by atoms with Crippen LogP contribution in [0.1, 0.15) is 20.7 Å². The summed E-state index contributed by atoms with van der Waals surface area (Å²) in [4.78, 5) is 9.90. The molecule has 1 N–H and O–H groups in total. The van der Waals surface area contributed by atoms with Gasteiger partial charge in [-0.05, 0) is 12.8 Å². The molecule has 0 saturated carbocycles. The molecule has 3 heteroatoms. The maximum Gasteiger partial charge on any atom is 1.00 e. The Labute approximate surface area is 77.7 Å². The third-order valence-electron chi connectivity index (χ3n) is 1.15. The molecule has 0 aromatic heterocycles. The van der Waals surface area contributed by atoms with Crippen molar-refractivity contribution in [1.29, 1.82) is 0 Å². The molecule has 0 spiro atoms. The smallest absolute Gasteiger partial charge is 1.00 e. The zero-order valence-electron chi connectivity index (χ0n) is 6.55. The van der Waals surface area contributed by atoms with E-state index >= 15 is 0 Å². The quantitative estimate of drug-likeness (QED) is 0.371. The summed E-state index contributed by atoms with van der Waals surface area (Å²) in [5.41, 5.74) is 1.30. The number of rotatable bonds is 3. The second-order valence-electron chi connectivity index (χ2n) is 1.96. The Kier molecular flexibility index (Phi) is 4.19. The molecule has 1 rings (SSSR count). The van der Waals surface area contributed by atoms with E-state index in [4.69, 9.17) is 5.11 Å². The van der Waals surface area contributed by atoms with Crippen LogP contribution >= 0.6 is 0 Å². The summed E-state index contributed by atoms with van der Waals surface area (Å²) < 4.78 is 0. The zero-order chi connectivity index (χ0) is 5.98. The number of hydrogen-bond donors (Lipinski definition) is 1. The molecular formula is C6H9NaO2. The SMILES string of the molecule is O=C(O)CCC1=CC1.[H-].[Na+]. The minimum atomic E-state index is -0.696. The van der Waals surface area contributed by atoms with Gasteiger partial charge >= 0.3 is 35.5 Å². The first-order valence-corrected chi connectivity index (χ1v) is 2.69. The molecular weight excluding hydrogens is 127 g/mol. The van der Waals surface area contributed by atoms with Crippen molar-refractivity contribution < 1.29 is 40.9 Å². The Balaban J connectivity index is 0. The van der Waals surface area contributed by atoms with E-state index in [0.29, 0.717) is 6.42 Å². The van der Waals surface area contributed by atoms with E-state index < -0.39 is 5.97 Å². The van der Waals surface area contributed by atoms with Gasteiger partial charge in [0, 0.05) is 6.42 Å². The van der Waals surface area contributed by atoms with Gasteiger partial charge in [0.15, 0.2) is 0 Å². The van der Waals surface area contributed by atoms with Crippen LogP contribution in [-0.4, -0.2) is 11.1 Å². The van der Waals surface area contributed by atoms with E-state index in [0.717, 1.165) is 12.8 Å². The molecule has 1 aliphatic rings. The molecule has 0 saturated heterocycles. The molecule has 0 bridgehead atoms. The zero-order valence-corrected chi connectivity index (χ0v) is 7.55. The summed E-state index contributed by atoms with van der Waals surface area (Å²) in [5, 5.41) is 8.16. The van der Waals surface area contributed by atoms with Crippen molar-refractivity contribution in [2.45, 2.75) is 19.3 Å². The topological polar surface area (TPSA) is 37.3 Å². The number of hydrogen-bond acceptors (Lipinski definition) is 1. The van der Waals surface area contributed by atoms with E-state index in [1.54, 1.807) is 0 Å². The van der Waals surface area contributed by atoms with E-state index in [1.807, 2.05) is 0 Å². The van der Waals surface area contributed by atoms with Gasteiger partial charge in [0.25, 0.3) is 0 Å². The Morgan fingerprint density at radius 2 is 2.44 bits per heavy atom. The van der Waals surface area contributed by atoms with Crippen molar-refractivity contribution >= 4 is 5.97 Å². The van der Waals surface area contributed by atoms with Crippen molar-refractivity contribution in [3.63, 3.8) is 0 Å². The fraction of sp³-hybridized carbons (Fsp3) is 0.500. The Bertz CT molecular complexity index is 143. The first-order valence-electron chi connectivity index (χ1n) is 2.69. The standard InChI is InChI=1S/C6H8O2.Na.H/c7-6(8)4-3-5-1-2-5;;/h1H,2-4H2,(H,7,8);;/q;+1;-1. The Hall–Kier alpha value is 0.210. The van der Waals surface area contributed by atoms with E-state index in [9.17, 15) is 4.79 Å². The normalized spacial score (nSPS) is 13.6. The number of aliphatic carboxylic acids is 1. The molecule has 0 amide bonds. The second kappa shape index (κ2) is 4.09. The third-order valence-corrected chi connectivity index (χ3v) is 1.15. The van der Waals surface area contributed by atoms with Crippen LogP contribution < -0.4 is 29.6 Å². The first kappa shape index (κ1) is 9.21. The van der Waals surface area contributed by atoms with Gasteiger partial charge in [-0.2, -0.15) is 0 Å². The van der Waals surface area contributed by atoms with Gasteiger partial charge in [-0.15, -0.1) is 0 Å². The van der Waals surface area contributed by atoms with Crippen LogP contribution in [0.2, 0.25) is 0 Å². The van der Waals surface area contributed by atoms with E-state index in [1.165, 1.54) is 5.57 Å². The molecule has 0 aliphatic heterocycles. The van der Waals surface area contributed by atoms with Crippen molar-refractivity contribution in [1.82, 2.24) is 0 Å². The summed E-state index contributed by atoms with van der Waals surface area (Å²) in [6.07, 6.45) is 4.16. The van der Waals surface area contributed by atoms with Crippen LogP contribution in [0.3, 0.4) is 0 Å². The predicted molar refractivity (Wildman–Crippen MR) is 30.7 cm³/mol. The number of carboxylic acids is 1. The largest absolute Gasteiger partial charge is 1.00 e. The maximum atomic E-state index is 9.90. The van der Waals surface area contributed by atoms with Crippen LogP contribution in [0, 0.1) is 0 Å². The summed E-state index contributed by atoms with van der Waals surface area (Å²) in [6.45, 7) is 0. The van der Waals surface area contributed by atoms with Gasteiger partial charge in [0.2, 0.25) is 0 Å². The van der Waals surface area contributed by atoms with Crippen molar-refractivity contribution in [2.75, 3.05) is 0 Å². The molecule has 0 fully saturated rings. The van der Waals surface area contributed by atoms with Gasteiger partial charge < -0.3 is 6.53 Å². The van der Waals surface area contributed by atoms with Crippen molar-refractivity contribution in [2.24, 2.45) is 0 Å². The van der Waals surface area contributed by atoms with Gasteiger partial charge in [0.1, 0.15) is 0 Å². The molecule has 0 unspecified atom stereocenters. The minimum absolute atomic E-state index is 0. The number of carbonyl (C=O) groups is 1. The van der Waals surface area contributed by atoms with Crippen LogP contribution in [0.25, 0.3) is 0 Å². The first-order chi connectivity index (χ1) is 3.79. The molecule has 2 nitrogen and oxygen atoms in total. The minimum Gasteiger partial charge on any atom is -1.00 e. The Morgan fingerprint density at radius 1 is 1.89 bits per heavy atom. The van der Waals surface area contributed by atoms with Gasteiger partial charge in [-0.3, -0.25) is 4.79 Å². The summed E-state index contributed by atoms with van der Waals surface area (Å²) >= 11 is 0. The number of allylic oxidation sites excluding steroid dienone is 2. The molecule has 0 heterocycles. The summed E-state index contributed by atoms with van der Waals surface area (Å²) in [5.74, 6) is -0.696. The third kappa shape index (κ3) is 4.70. The molecule has 0 aromatic rings. The second-order valence-corrected chi connectivity index (χ2v) is 1.96. The molecule has 0 aromatic carbocycles. The van der Waals surface area contributed by atoms with Crippen molar-refractivity contribution in [3.05, 3.63) is 11.6 Å². The van der Waals surface area contributed by atoms with Crippen LogP contribution in [0.4, 0.5) is 0 Å². The van der Waals surface area contributed by atoms with Crippen molar-refractivity contribution in [3.8, 4) is 0 Å². The molecule has 0 radical (unpaired) electrons. The molecule has 9 heavy (non-hydrogen) atoms. The average molecular weight is 136 g/mol. The fourth-order valence-electron chi connectivity index (χ4n) is 0.544. The van der Waals surface area contributed by atoms with Gasteiger partial charge in [-0.1, -0.05) is 11.6 Å². The van der Waals surface area contributed by atoms with E-state index in [-0.39, 0.29) is 31.0 Å². The summed E-state index contributed by atoms with van der Waals surface area (Å²) in [7, 11) is 0. The number of carboxylic acid groups (broad SMARTS) is 1. The summed E-state index contributed by atoms with van der Waals surface area (Å²) in [6, 6.07) is 0. The average Bonchev–Trinajstić information content (AvgIpc) is 2.41. The van der Waals surface area contributed by atoms with Crippen LogP contribution in [0.15, 0.2) is 11.6 Å². The van der Waals surface area contributed by atoms with Gasteiger partial charge in [0.05, 0.1) is 0 Å². The molecule has 46 valence electrons. The Morgan fingerprint density at radius 3 is 2.78 bits per heavy atom. The predicted octanol–water partition coefficient (Wildman–Crippen LogP) is -1.70.